The molecular formula is C22H27NO6S. The number of carbonyl (C=O) groups excluding carboxylic acids is 1. The zero-order chi connectivity index (χ0) is 21.6. The molecule has 0 saturated carbocycles. The van der Waals surface area contributed by atoms with E-state index in [0.717, 1.165) is 0 Å². The second kappa shape index (κ2) is 9.95. The first-order chi connectivity index (χ1) is 14.5. The van der Waals surface area contributed by atoms with Crippen LogP contribution < -0.4 is 9.47 Å². The first kappa shape index (κ1) is 22.1. The molecule has 1 fully saturated rings. The van der Waals surface area contributed by atoms with Crippen molar-refractivity contribution in [2.75, 3.05) is 40.5 Å². The number of hydrogen-bond acceptors (Lipinski definition) is 6. The number of ether oxygens (including phenoxy) is 3. The van der Waals surface area contributed by atoms with E-state index < -0.39 is 15.1 Å². The van der Waals surface area contributed by atoms with E-state index in [0.29, 0.717) is 56.2 Å². The number of likely N-dealkylation sites (tertiary alicyclic amines) is 1. The normalized spacial score (nSPS) is 15.1. The summed E-state index contributed by atoms with van der Waals surface area (Å²) in [5, 5.41) is -0.494. The molecule has 0 bridgehead atoms. The van der Waals surface area contributed by atoms with Crippen LogP contribution in [0, 0.1) is 0 Å². The van der Waals surface area contributed by atoms with Crippen molar-refractivity contribution in [1.82, 2.24) is 4.90 Å². The van der Waals surface area contributed by atoms with Gasteiger partial charge < -0.3 is 19.1 Å². The summed E-state index contributed by atoms with van der Waals surface area (Å²) in [4.78, 5) is 14.8. The second-order valence-corrected chi connectivity index (χ2v) is 9.31. The summed E-state index contributed by atoms with van der Waals surface area (Å²) in [6.45, 7) is 1.75. The monoisotopic (exact) mass is 433 g/mol. The molecule has 0 unspecified atom stereocenters. The van der Waals surface area contributed by atoms with Crippen LogP contribution in [0.2, 0.25) is 0 Å². The van der Waals surface area contributed by atoms with E-state index in [4.69, 9.17) is 14.2 Å². The third-order valence-corrected chi connectivity index (χ3v) is 7.49. The van der Waals surface area contributed by atoms with Crippen molar-refractivity contribution in [2.45, 2.75) is 23.0 Å². The van der Waals surface area contributed by atoms with Crippen molar-refractivity contribution >= 4 is 15.7 Å². The molecule has 2 aromatic rings. The molecule has 0 aromatic heterocycles. The molecule has 1 saturated heterocycles. The zero-order valence-electron chi connectivity index (χ0n) is 17.2. The van der Waals surface area contributed by atoms with Crippen LogP contribution in [0.1, 0.15) is 23.2 Å². The van der Waals surface area contributed by atoms with Gasteiger partial charge in [-0.25, -0.2) is 8.42 Å². The zero-order valence-corrected chi connectivity index (χ0v) is 18.1. The molecule has 8 heteroatoms. The minimum Gasteiger partial charge on any atom is -0.497 e. The summed E-state index contributed by atoms with van der Waals surface area (Å²) < 4.78 is 41.4. The SMILES string of the molecule is COCCOc1ccc(C(=O)N2CCC(S(=O)(=O)c3ccc(OC)cc3)CC2)cc1. The fourth-order valence-corrected chi connectivity index (χ4v) is 5.18. The Morgan fingerprint density at radius 2 is 1.53 bits per heavy atom. The number of hydrogen-bond donors (Lipinski definition) is 0. The average molecular weight is 434 g/mol. The second-order valence-electron chi connectivity index (χ2n) is 7.08. The van der Waals surface area contributed by atoms with Crippen LogP contribution >= 0.6 is 0 Å². The summed E-state index contributed by atoms with van der Waals surface area (Å²) in [7, 11) is -0.290. The third-order valence-electron chi connectivity index (χ3n) is 5.21. The van der Waals surface area contributed by atoms with Crippen molar-refractivity contribution < 1.29 is 27.4 Å². The molecular weight excluding hydrogens is 406 g/mol. The Balaban J connectivity index is 1.58. The van der Waals surface area contributed by atoms with Crippen LogP contribution in [0.4, 0.5) is 0 Å². The topological polar surface area (TPSA) is 82.1 Å². The largest absolute Gasteiger partial charge is 0.497 e. The van der Waals surface area contributed by atoms with Gasteiger partial charge in [-0.2, -0.15) is 0 Å². The summed E-state index contributed by atoms with van der Waals surface area (Å²) >= 11 is 0. The van der Waals surface area contributed by atoms with Gasteiger partial charge >= 0.3 is 0 Å². The fourth-order valence-electron chi connectivity index (χ4n) is 3.45. The quantitative estimate of drug-likeness (QED) is 0.596. The van der Waals surface area contributed by atoms with Crippen molar-refractivity contribution in [1.29, 1.82) is 0 Å². The molecule has 7 nitrogen and oxygen atoms in total. The van der Waals surface area contributed by atoms with E-state index >= 15 is 0 Å². The molecule has 0 atom stereocenters. The minimum absolute atomic E-state index is 0.0984. The predicted octanol–water partition coefficient (Wildman–Crippen LogP) is 2.80. The van der Waals surface area contributed by atoms with Crippen molar-refractivity contribution in [3.8, 4) is 11.5 Å². The molecule has 0 radical (unpaired) electrons. The maximum Gasteiger partial charge on any atom is 0.253 e. The van der Waals surface area contributed by atoms with Gasteiger partial charge in [0.15, 0.2) is 9.84 Å². The lowest BCUT2D eigenvalue weighted by Gasteiger charge is -2.32. The molecule has 1 heterocycles. The number of methoxy groups -OCH3 is 2. The minimum atomic E-state index is -3.44. The van der Waals surface area contributed by atoms with Gasteiger partial charge in [-0.3, -0.25) is 4.79 Å². The highest BCUT2D eigenvalue weighted by Gasteiger charge is 2.33. The number of rotatable bonds is 8. The number of carbonyl (C=O) groups is 1. The molecule has 1 aliphatic heterocycles. The van der Waals surface area contributed by atoms with Gasteiger partial charge in [0.1, 0.15) is 18.1 Å². The van der Waals surface area contributed by atoms with Crippen molar-refractivity contribution in [3.63, 3.8) is 0 Å². The van der Waals surface area contributed by atoms with Gasteiger partial charge in [0.25, 0.3) is 5.91 Å². The lowest BCUT2D eigenvalue weighted by atomic mass is 10.1. The Kier molecular flexibility index (Phi) is 7.33. The van der Waals surface area contributed by atoms with E-state index in [1.807, 2.05) is 0 Å². The molecule has 1 amide bonds. The Morgan fingerprint density at radius 1 is 0.933 bits per heavy atom. The van der Waals surface area contributed by atoms with Crippen LogP contribution in [0.5, 0.6) is 11.5 Å². The molecule has 1 aliphatic rings. The van der Waals surface area contributed by atoms with Gasteiger partial charge in [0, 0.05) is 25.8 Å². The van der Waals surface area contributed by atoms with E-state index in [-0.39, 0.29) is 10.8 Å². The van der Waals surface area contributed by atoms with Gasteiger partial charge in [-0.05, 0) is 61.4 Å². The Hall–Kier alpha value is -2.58. The number of amides is 1. The molecule has 3 rings (SSSR count). The molecule has 0 spiro atoms. The lowest BCUT2D eigenvalue weighted by molar-refractivity contribution is 0.0725. The first-order valence-corrected chi connectivity index (χ1v) is 11.4. The van der Waals surface area contributed by atoms with Gasteiger partial charge in [0.2, 0.25) is 0 Å². The molecule has 2 aromatic carbocycles. The average Bonchev–Trinajstić information content (AvgIpc) is 2.79. The summed E-state index contributed by atoms with van der Waals surface area (Å²) in [6.07, 6.45) is 0.830. The molecule has 162 valence electrons. The molecule has 0 N–H and O–H groups in total. The molecule has 30 heavy (non-hydrogen) atoms. The van der Waals surface area contributed by atoms with Gasteiger partial charge in [-0.15, -0.1) is 0 Å². The smallest absolute Gasteiger partial charge is 0.253 e. The van der Waals surface area contributed by atoms with Gasteiger partial charge in [-0.1, -0.05) is 0 Å². The van der Waals surface area contributed by atoms with Crippen molar-refractivity contribution in [3.05, 3.63) is 54.1 Å². The van der Waals surface area contributed by atoms with Gasteiger partial charge in [0.05, 0.1) is 23.9 Å². The third kappa shape index (κ3) is 5.12. The van der Waals surface area contributed by atoms with E-state index in [2.05, 4.69) is 0 Å². The maximum absolute atomic E-state index is 12.9. The maximum atomic E-state index is 12.9. The number of sulfone groups is 1. The van der Waals surface area contributed by atoms with E-state index in [9.17, 15) is 13.2 Å². The fraction of sp³-hybridized carbons (Fsp3) is 0.409. The number of nitrogens with zero attached hydrogens (tertiary/aromatic N) is 1. The first-order valence-electron chi connectivity index (χ1n) is 9.84. The predicted molar refractivity (Wildman–Crippen MR) is 113 cm³/mol. The van der Waals surface area contributed by atoms with Crippen molar-refractivity contribution in [2.24, 2.45) is 0 Å². The lowest BCUT2D eigenvalue weighted by Crippen LogP contribution is -2.42. The highest BCUT2D eigenvalue weighted by atomic mass is 32.2. The highest BCUT2D eigenvalue weighted by molar-refractivity contribution is 7.92. The summed E-state index contributed by atoms with van der Waals surface area (Å²) in [5.74, 6) is 1.19. The highest BCUT2D eigenvalue weighted by Crippen LogP contribution is 2.27. The summed E-state index contributed by atoms with van der Waals surface area (Å²) in [6, 6.07) is 13.4. The van der Waals surface area contributed by atoms with Crippen LogP contribution in [0.3, 0.4) is 0 Å². The standard InChI is InChI=1S/C22H27NO6S/c1-27-15-16-29-19-5-3-17(4-6-19)22(24)23-13-11-21(12-14-23)30(25,26)20-9-7-18(28-2)8-10-20/h3-10,21H,11-16H2,1-2H3. The molecule has 0 aliphatic carbocycles. The Bertz CT molecular complexity index is 933. The van der Waals surface area contributed by atoms with Crippen LogP contribution in [-0.4, -0.2) is 65.0 Å². The van der Waals surface area contributed by atoms with E-state index in [1.165, 1.54) is 7.11 Å². The van der Waals surface area contributed by atoms with Crippen LogP contribution in [0.25, 0.3) is 0 Å². The summed E-state index contributed by atoms with van der Waals surface area (Å²) in [5.41, 5.74) is 0.561. The number of benzene rings is 2. The van der Waals surface area contributed by atoms with E-state index in [1.54, 1.807) is 60.5 Å². The van der Waals surface area contributed by atoms with Crippen LogP contribution in [0.15, 0.2) is 53.4 Å². The van der Waals surface area contributed by atoms with Crippen LogP contribution in [-0.2, 0) is 14.6 Å². The Labute approximate surface area is 177 Å². The Morgan fingerprint density at radius 3 is 2.10 bits per heavy atom. The number of piperidine rings is 1.